The number of nitriles is 1. The maximum atomic E-state index is 9.11. The van der Waals surface area contributed by atoms with Crippen LogP contribution in [0, 0.1) is 23.7 Å². The van der Waals surface area contributed by atoms with Gasteiger partial charge in [-0.3, -0.25) is 0 Å². The molecule has 0 amide bonds. The van der Waals surface area contributed by atoms with Crippen molar-refractivity contribution in [3.05, 3.63) is 23.3 Å². The van der Waals surface area contributed by atoms with Crippen molar-refractivity contribution in [2.45, 2.75) is 13.5 Å². The summed E-state index contributed by atoms with van der Waals surface area (Å²) in [6.45, 7) is 4.75. The molecule has 0 saturated carbocycles. The van der Waals surface area contributed by atoms with E-state index in [-0.39, 0.29) is 5.41 Å². The van der Waals surface area contributed by atoms with E-state index in [4.69, 9.17) is 19.5 Å². The van der Waals surface area contributed by atoms with Crippen LogP contribution in [0.5, 0.6) is 11.5 Å². The highest BCUT2D eigenvalue weighted by molar-refractivity contribution is 5.48. The molecule has 0 unspecified atom stereocenters. The fourth-order valence-corrected chi connectivity index (χ4v) is 2.27. The maximum Gasteiger partial charge on any atom is 0.231 e. The maximum absolute atomic E-state index is 9.11. The lowest BCUT2D eigenvalue weighted by Crippen LogP contribution is -2.48. The molecule has 0 spiro atoms. The Balaban J connectivity index is 1.63. The summed E-state index contributed by atoms with van der Waals surface area (Å²) in [5.41, 5.74) is 1.98. The number of hydrogen-bond donors (Lipinski definition) is 1. The molecule has 1 fully saturated rings. The highest BCUT2D eigenvalue weighted by atomic mass is 16.7. The largest absolute Gasteiger partial charge is 0.454 e. The number of ether oxygens (including phenoxy) is 3. The van der Waals surface area contributed by atoms with Crippen LogP contribution in [0.2, 0.25) is 0 Å². The lowest BCUT2D eigenvalue weighted by atomic mass is 9.88. The van der Waals surface area contributed by atoms with Gasteiger partial charge in [-0.25, -0.2) is 0 Å². The second kappa shape index (κ2) is 4.72. The smallest absolute Gasteiger partial charge is 0.231 e. The standard InChI is InChI=1S/C14H16N2O3/c1-10-2-12-13(19-9-18-12)3-11(10)4-16-6-14(5-15)7-17-8-14/h2-3,16H,4,6-9H2,1H3. The van der Waals surface area contributed by atoms with E-state index >= 15 is 0 Å². The van der Waals surface area contributed by atoms with Crippen LogP contribution >= 0.6 is 0 Å². The van der Waals surface area contributed by atoms with E-state index in [1.165, 1.54) is 0 Å². The first-order valence-corrected chi connectivity index (χ1v) is 6.31. The SMILES string of the molecule is Cc1cc2c(cc1CNCC1(C#N)COC1)OCO2. The molecular weight excluding hydrogens is 244 g/mol. The van der Waals surface area contributed by atoms with Crippen molar-refractivity contribution >= 4 is 0 Å². The van der Waals surface area contributed by atoms with Gasteiger partial charge in [0.05, 0.1) is 19.3 Å². The molecule has 5 heteroatoms. The number of aryl methyl sites for hydroxylation is 1. The first-order chi connectivity index (χ1) is 9.22. The van der Waals surface area contributed by atoms with Crippen LogP contribution in [0.15, 0.2) is 12.1 Å². The predicted octanol–water partition coefficient (Wildman–Crippen LogP) is 1.35. The molecule has 0 aliphatic carbocycles. The second-order valence-electron chi connectivity index (χ2n) is 5.12. The Morgan fingerprint density at radius 2 is 2.05 bits per heavy atom. The summed E-state index contributed by atoms with van der Waals surface area (Å²) in [6, 6.07) is 6.32. The first kappa shape index (κ1) is 12.3. The summed E-state index contributed by atoms with van der Waals surface area (Å²) in [7, 11) is 0. The van der Waals surface area contributed by atoms with Gasteiger partial charge in [-0.15, -0.1) is 0 Å². The van der Waals surface area contributed by atoms with Gasteiger partial charge >= 0.3 is 0 Å². The minimum absolute atomic E-state index is 0.292. The normalized spacial score (nSPS) is 18.7. The Labute approximate surface area is 112 Å². The van der Waals surface area contributed by atoms with Gasteiger partial charge in [0.1, 0.15) is 5.41 Å². The Bertz CT molecular complexity index is 532. The quantitative estimate of drug-likeness (QED) is 0.885. The molecule has 0 radical (unpaired) electrons. The predicted molar refractivity (Wildman–Crippen MR) is 67.9 cm³/mol. The third kappa shape index (κ3) is 2.25. The lowest BCUT2D eigenvalue weighted by molar-refractivity contribution is -0.0755. The van der Waals surface area contributed by atoms with E-state index in [0.717, 1.165) is 22.6 Å². The van der Waals surface area contributed by atoms with Crippen LogP contribution < -0.4 is 14.8 Å². The van der Waals surface area contributed by atoms with Gasteiger partial charge in [-0.1, -0.05) is 0 Å². The van der Waals surface area contributed by atoms with Crippen molar-refractivity contribution in [1.29, 1.82) is 5.26 Å². The van der Waals surface area contributed by atoms with Gasteiger partial charge < -0.3 is 19.5 Å². The van der Waals surface area contributed by atoms with Crippen LogP contribution in [-0.4, -0.2) is 26.6 Å². The number of fused-ring (bicyclic) bond motifs is 1. The molecule has 1 aromatic rings. The van der Waals surface area contributed by atoms with Crippen molar-refractivity contribution < 1.29 is 14.2 Å². The van der Waals surface area contributed by atoms with Crippen molar-refractivity contribution in [2.75, 3.05) is 26.6 Å². The molecule has 0 bridgehead atoms. The number of nitrogens with zero attached hydrogens (tertiary/aromatic N) is 1. The highest BCUT2D eigenvalue weighted by Gasteiger charge is 2.38. The Morgan fingerprint density at radius 1 is 1.32 bits per heavy atom. The van der Waals surface area contributed by atoms with Crippen molar-refractivity contribution in [3.8, 4) is 17.6 Å². The van der Waals surface area contributed by atoms with Gasteiger partial charge in [-0.2, -0.15) is 5.26 Å². The zero-order chi connectivity index (χ0) is 13.3. The third-order valence-electron chi connectivity index (χ3n) is 3.60. The van der Waals surface area contributed by atoms with Crippen LogP contribution in [0.4, 0.5) is 0 Å². The van der Waals surface area contributed by atoms with E-state index < -0.39 is 0 Å². The molecule has 5 nitrogen and oxygen atoms in total. The minimum Gasteiger partial charge on any atom is -0.454 e. The van der Waals surface area contributed by atoms with Crippen LogP contribution in [-0.2, 0) is 11.3 Å². The second-order valence-corrected chi connectivity index (χ2v) is 5.12. The Hall–Kier alpha value is -1.77. The van der Waals surface area contributed by atoms with E-state index in [1.807, 2.05) is 19.1 Å². The number of nitrogens with one attached hydrogen (secondary N) is 1. The zero-order valence-corrected chi connectivity index (χ0v) is 10.9. The summed E-state index contributed by atoms with van der Waals surface area (Å²) in [4.78, 5) is 0. The van der Waals surface area contributed by atoms with Crippen LogP contribution in [0.25, 0.3) is 0 Å². The molecule has 1 aromatic carbocycles. The topological polar surface area (TPSA) is 63.5 Å². The third-order valence-corrected chi connectivity index (χ3v) is 3.60. The molecule has 1 saturated heterocycles. The van der Waals surface area contributed by atoms with Gasteiger partial charge in [0.2, 0.25) is 6.79 Å². The molecule has 0 aromatic heterocycles. The van der Waals surface area contributed by atoms with Gasteiger partial charge in [0.25, 0.3) is 0 Å². The molecule has 2 aliphatic rings. The van der Waals surface area contributed by atoms with E-state index in [0.29, 0.717) is 33.1 Å². The molecule has 3 rings (SSSR count). The average molecular weight is 260 g/mol. The Kier molecular flexibility index (Phi) is 3.05. The van der Waals surface area contributed by atoms with Crippen molar-refractivity contribution in [3.63, 3.8) is 0 Å². The number of hydrogen-bond acceptors (Lipinski definition) is 5. The average Bonchev–Trinajstić information content (AvgIpc) is 2.79. The Morgan fingerprint density at radius 3 is 2.68 bits per heavy atom. The molecule has 1 N–H and O–H groups in total. The lowest BCUT2D eigenvalue weighted by Gasteiger charge is -2.35. The van der Waals surface area contributed by atoms with Crippen molar-refractivity contribution in [1.82, 2.24) is 5.32 Å². The minimum atomic E-state index is -0.343. The van der Waals surface area contributed by atoms with Gasteiger partial charge in [0.15, 0.2) is 11.5 Å². The summed E-state index contributed by atoms with van der Waals surface area (Å²) in [6.07, 6.45) is 0. The van der Waals surface area contributed by atoms with E-state index in [2.05, 4.69) is 11.4 Å². The van der Waals surface area contributed by atoms with Crippen LogP contribution in [0.3, 0.4) is 0 Å². The first-order valence-electron chi connectivity index (χ1n) is 6.31. The van der Waals surface area contributed by atoms with Gasteiger partial charge in [-0.05, 0) is 30.2 Å². The van der Waals surface area contributed by atoms with Crippen molar-refractivity contribution in [2.24, 2.45) is 5.41 Å². The molecule has 0 atom stereocenters. The van der Waals surface area contributed by atoms with Gasteiger partial charge in [0, 0.05) is 13.1 Å². The molecule has 2 aliphatic heterocycles. The molecule has 2 heterocycles. The highest BCUT2D eigenvalue weighted by Crippen LogP contribution is 2.34. The number of benzene rings is 1. The summed E-state index contributed by atoms with van der Waals surface area (Å²) >= 11 is 0. The molecule has 19 heavy (non-hydrogen) atoms. The molecule has 100 valence electrons. The summed E-state index contributed by atoms with van der Waals surface area (Å²) in [5.74, 6) is 1.60. The van der Waals surface area contributed by atoms with E-state index in [1.54, 1.807) is 0 Å². The monoisotopic (exact) mass is 260 g/mol. The van der Waals surface area contributed by atoms with E-state index in [9.17, 15) is 0 Å². The number of rotatable bonds is 4. The summed E-state index contributed by atoms with van der Waals surface area (Å²) < 4.78 is 15.8. The summed E-state index contributed by atoms with van der Waals surface area (Å²) in [5, 5.41) is 12.4. The zero-order valence-electron chi connectivity index (χ0n) is 10.9. The fraction of sp³-hybridized carbons (Fsp3) is 0.500. The van der Waals surface area contributed by atoms with Crippen LogP contribution in [0.1, 0.15) is 11.1 Å². The fourth-order valence-electron chi connectivity index (χ4n) is 2.27. The molecular formula is C14H16N2O3.